The van der Waals surface area contributed by atoms with Gasteiger partial charge >= 0.3 is 0 Å². The van der Waals surface area contributed by atoms with Gasteiger partial charge in [0.05, 0.1) is 0 Å². The molecule has 0 aliphatic rings. The Morgan fingerprint density at radius 2 is 1.25 bits per heavy atom. The summed E-state index contributed by atoms with van der Waals surface area (Å²) in [5, 5.41) is 5.99. The number of amides is 1. The molecule has 0 atom stereocenters. The lowest BCUT2D eigenvalue weighted by atomic mass is 10.2. The maximum Gasteiger partial charge on any atom is 0.251 e. The molecule has 4 heteroatoms. The SMILES string of the molecule is CCCNC(=O)c1ccccc1.CCCNC(=S)c1ccccc1. The van der Waals surface area contributed by atoms with E-state index in [2.05, 4.69) is 17.6 Å². The van der Waals surface area contributed by atoms with Gasteiger partial charge in [0, 0.05) is 24.2 Å². The smallest absolute Gasteiger partial charge is 0.251 e. The fourth-order valence-corrected chi connectivity index (χ4v) is 2.10. The first-order chi connectivity index (χ1) is 11.7. The van der Waals surface area contributed by atoms with Gasteiger partial charge in [-0.05, 0) is 25.0 Å². The zero-order valence-electron chi connectivity index (χ0n) is 14.4. The van der Waals surface area contributed by atoms with Crippen LogP contribution in [0.3, 0.4) is 0 Å². The fraction of sp³-hybridized carbons (Fsp3) is 0.300. The topological polar surface area (TPSA) is 41.1 Å². The van der Waals surface area contributed by atoms with Crippen molar-refractivity contribution < 1.29 is 4.79 Å². The minimum atomic E-state index is 0.0115. The summed E-state index contributed by atoms with van der Waals surface area (Å²) in [6.07, 6.45) is 2.07. The van der Waals surface area contributed by atoms with Crippen LogP contribution in [0.5, 0.6) is 0 Å². The predicted molar refractivity (Wildman–Crippen MR) is 106 cm³/mol. The lowest BCUT2D eigenvalue weighted by molar-refractivity contribution is 0.0953. The van der Waals surface area contributed by atoms with Crippen molar-refractivity contribution in [2.45, 2.75) is 26.7 Å². The number of nitrogens with one attached hydrogen (secondary N) is 2. The van der Waals surface area contributed by atoms with Gasteiger partial charge in [-0.15, -0.1) is 0 Å². The molecule has 24 heavy (non-hydrogen) atoms. The minimum absolute atomic E-state index is 0.0115. The molecule has 0 aliphatic carbocycles. The molecule has 0 aromatic heterocycles. The molecule has 0 fully saturated rings. The first-order valence-corrected chi connectivity index (χ1v) is 8.76. The molecule has 0 unspecified atom stereocenters. The van der Waals surface area contributed by atoms with Crippen LogP contribution in [-0.2, 0) is 0 Å². The van der Waals surface area contributed by atoms with Gasteiger partial charge in [0.2, 0.25) is 0 Å². The molecular weight excluding hydrogens is 316 g/mol. The highest BCUT2D eigenvalue weighted by atomic mass is 32.1. The molecule has 2 rings (SSSR count). The third-order valence-corrected chi connectivity index (χ3v) is 3.52. The summed E-state index contributed by atoms with van der Waals surface area (Å²) < 4.78 is 0. The van der Waals surface area contributed by atoms with E-state index in [0.29, 0.717) is 0 Å². The van der Waals surface area contributed by atoms with Crippen molar-refractivity contribution >= 4 is 23.1 Å². The Morgan fingerprint density at radius 1 is 0.792 bits per heavy atom. The Bertz CT molecular complexity index is 544. The standard InChI is InChI=1S/C10H13NO.C10H13NS/c2*1-2-8-11-10(12)9-6-4-3-5-7-9/h2*3-7H,2,8H2,1H3,(H,11,12). The number of benzene rings is 2. The summed E-state index contributed by atoms with van der Waals surface area (Å²) in [4.78, 5) is 12.1. The fourth-order valence-electron chi connectivity index (χ4n) is 1.86. The van der Waals surface area contributed by atoms with Gasteiger partial charge in [-0.3, -0.25) is 4.79 Å². The zero-order chi connectivity index (χ0) is 17.6. The summed E-state index contributed by atoms with van der Waals surface area (Å²) in [7, 11) is 0. The van der Waals surface area contributed by atoms with Crippen LogP contribution in [0, 0.1) is 0 Å². The summed E-state index contributed by atoms with van der Waals surface area (Å²) in [6, 6.07) is 19.3. The Labute approximate surface area is 150 Å². The van der Waals surface area contributed by atoms with Crippen LogP contribution in [-0.4, -0.2) is 24.0 Å². The van der Waals surface area contributed by atoms with Crippen LogP contribution in [0.1, 0.15) is 42.6 Å². The van der Waals surface area contributed by atoms with Crippen LogP contribution < -0.4 is 10.6 Å². The van der Waals surface area contributed by atoms with Crippen LogP contribution in [0.4, 0.5) is 0 Å². The van der Waals surface area contributed by atoms with Crippen LogP contribution in [0.2, 0.25) is 0 Å². The third kappa shape index (κ3) is 7.88. The number of carbonyl (C=O) groups is 1. The number of carbonyl (C=O) groups excluding carboxylic acids is 1. The Balaban J connectivity index is 0.000000240. The van der Waals surface area contributed by atoms with Gasteiger partial charge in [-0.1, -0.05) is 74.6 Å². The number of rotatable bonds is 6. The molecule has 0 bridgehead atoms. The second-order valence-electron chi connectivity index (χ2n) is 5.24. The van der Waals surface area contributed by atoms with Crippen molar-refractivity contribution in [2.75, 3.05) is 13.1 Å². The number of hydrogen-bond donors (Lipinski definition) is 2. The highest BCUT2D eigenvalue weighted by molar-refractivity contribution is 7.80. The maximum absolute atomic E-state index is 11.3. The van der Waals surface area contributed by atoms with Crippen molar-refractivity contribution in [1.82, 2.24) is 10.6 Å². The van der Waals surface area contributed by atoms with E-state index >= 15 is 0 Å². The van der Waals surface area contributed by atoms with E-state index in [9.17, 15) is 4.79 Å². The molecule has 1 amide bonds. The number of thiocarbonyl (C=S) groups is 1. The monoisotopic (exact) mass is 342 g/mol. The molecule has 0 radical (unpaired) electrons. The molecule has 0 spiro atoms. The van der Waals surface area contributed by atoms with Crippen LogP contribution in [0.15, 0.2) is 60.7 Å². The van der Waals surface area contributed by atoms with Crippen LogP contribution >= 0.6 is 12.2 Å². The molecule has 0 saturated carbocycles. The van der Waals surface area contributed by atoms with Crippen molar-refractivity contribution in [2.24, 2.45) is 0 Å². The second-order valence-corrected chi connectivity index (χ2v) is 5.65. The third-order valence-electron chi connectivity index (χ3n) is 3.14. The molecule has 128 valence electrons. The van der Waals surface area contributed by atoms with E-state index in [1.54, 1.807) is 0 Å². The van der Waals surface area contributed by atoms with E-state index in [1.165, 1.54) is 0 Å². The van der Waals surface area contributed by atoms with E-state index in [4.69, 9.17) is 12.2 Å². The Morgan fingerprint density at radius 3 is 1.75 bits per heavy atom. The van der Waals surface area contributed by atoms with Gasteiger partial charge < -0.3 is 10.6 Å². The molecule has 0 aliphatic heterocycles. The summed E-state index contributed by atoms with van der Waals surface area (Å²) >= 11 is 5.17. The van der Waals surface area contributed by atoms with Gasteiger partial charge in [0.15, 0.2) is 0 Å². The first kappa shape index (κ1) is 19.8. The largest absolute Gasteiger partial charge is 0.376 e. The Kier molecular flexibility index (Phi) is 10.1. The van der Waals surface area contributed by atoms with E-state index < -0.39 is 0 Å². The average Bonchev–Trinajstić information content (AvgIpc) is 2.66. The highest BCUT2D eigenvalue weighted by Gasteiger charge is 2.00. The lowest BCUT2D eigenvalue weighted by Gasteiger charge is -2.05. The molecule has 3 nitrogen and oxygen atoms in total. The normalized spacial score (nSPS) is 9.42. The van der Waals surface area contributed by atoms with Crippen molar-refractivity contribution in [1.29, 1.82) is 0 Å². The van der Waals surface area contributed by atoms with Gasteiger partial charge in [0.25, 0.3) is 5.91 Å². The average molecular weight is 343 g/mol. The first-order valence-electron chi connectivity index (χ1n) is 8.35. The Hall–Kier alpha value is -2.20. The zero-order valence-corrected chi connectivity index (χ0v) is 15.2. The van der Waals surface area contributed by atoms with Gasteiger partial charge in [-0.25, -0.2) is 0 Å². The van der Waals surface area contributed by atoms with Gasteiger partial charge in [-0.2, -0.15) is 0 Å². The molecule has 0 saturated heterocycles. The molecule has 2 N–H and O–H groups in total. The second kappa shape index (κ2) is 12.3. The van der Waals surface area contributed by atoms with Crippen molar-refractivity contribution in [3.05, 3.63) is 71.8 Å². The van der Waals surface area contributed by atoms with E-state index in [-0.39, 0.29) is 5.91 Å². The maximum atomic E-state index is 11.3. The summed E-state index contributed by atoms with van der Waals surface area (Å²) in [5.74, 6) is 0.0115. The van der Waals surface area contributed by atoms with E-state index in [0.717, 1.165) is 42.0 Å². The van der Waals surface area contributed by atoms with Crippen molar-refractivity contribution in [3.63, 3.8) is 0 Å². The quantitative estimate of drug-likeness (QED) is 0.774. The number of hydrogen-bond acceptors (Lipinski definition) is 2. The molecule has 2 aromatic rings. The molecular formula is C20H26N2OS. The van der Waals surface area contributed by atoms with Crippen molar-refractivity contribution in [3.8, 4) is 0 Å². The van der Waals surface area contributed by atoms with Crippen LogP contribution in [0.25, 0.3) is 0 Å². The minimum Gasteiger partial charge on any atom is -0.376 e. The highest BCUT2D eigenvalue weighted by Crippen LogP contribution is 1.99. The lowest BCUT2D eigenvalue weighted by Crippen LogP contribution is -2.23. The summed E-state index contributed by atoms with van der Waals surface area (Å²) in [5.41, 5.74) is 1.83. The summed E-state index contributed by atoms with van der Waals surface area (Å²) in [6.45, 7) is 5.85. The van der Waals surface area contributed by atoms with E-state index in [1.807, 2.05) is 67.6 Å². The predicted octanol–water partition coefficient (Wildman–Crippen LogP) is 4.19. The van der Waals surface area contributed by atoms with Gasteiger partial charge in [0.1, 0.15) is 4.99 Å². The molecule has 2 aromatic carbocycles. The molecule has 0 heterocycles.